The van der Waals surface area contributed by atoms with Gasteiger partial charge in [-0.15, -0.1) is 0 Å². The molecule has 0 radical (unpaired) electrons. The van der Waals surface area contributed by atoms with Crippen molar-refractivity contribution in [2.45, 2.75) is 13.3 Å². The Morgan fingerprint density at radius 2 is 2.42 bits per heavy atom. The van der Waals surface area contributed by atoms with E-state index in [9.17, 15) is 9.59 Å². The molecule has 0 aromatic carbocycles. The molecule has 0 atom stereocenters. The van der Waals surface area contributed by atoms with E-state index in [1.807, 2.05) is 0 Å². The van der Waals surface area contributed by atoms with Crippen molar-refractivity contribution in [2.75, 3.05) is 0 Å². The minimum Gasteiger partial charge on any atom is -0.338 e. The van der Waals surface area contributed by atoms with Gasteiger partial charge in [0.1, 0.15) is 0 Å². The van der Waals surface area contributed by atoms with Gasteiger partial charge in [-0.1, -0.05) is 6.92 Å². The van der Waals surface area contributed by atoms with Gasteiger partial charge < -0.3 is 4.98 Å². The van der Waals surface area contributed by atoms with Crippen LogP contribution in [0.1, 0.15) is 18.1 Å². The molecule has 0 amide bonds. The van der Waals surface area contributed by atoms with Crippen LogP contribution in [0.25, 0.3) is 0 Å². The van der Waals surface area contributed by atoms with E-state index >= 15 is 0 Å². The summed E-state index contributed by atoms with van der Waals surface area (Å²) < 4.78 is 1.10. The maximum Gasteiger partial charge on any atom is 0.261 e. The molecule has 12 heavy (non-hydrogen) atoms. The summed E-state index contributed by atoms with van der Waals surface area (Å²) in [5, 5.41) is 0. The summed E-state index contributed by atoms with van der Waals surface area (Å²) in [5.41, 5.74) is -0.384. The average Bonchev–Trinajstić information content (AvgIpc) is 2.03. The van der Waals surface area contributed by atoms with E-state index in [0.717, 1.165) is 4.57 Å². The first-order valence-electron chi connectivity index (χ1n) is 3.50. The minimum absolute atomic E-state index is 0.148. The van der Waals surface area contributed by atoms with Crippen molar-refractivity contribution < 1.29 is 4.79 Å². The molecular weight excluding hydrogens is 176 g/mol. The van der Waals surface area contributed by atoms with Gasteiger partial charge in [0, 0.05) is 18.7 Å². The van der Waals surface area contributed by atoms with Crippen molar-refractivity contribution in [3.05, 3.63) is 27.4 Å². The number of carbonyl (C=O) groups excluding carboxylic acids is 1. The van der Waals surface area contributed by atoms with Gasteiger partial charge >= 0.3 is 0 Å². The summed E-state index contributed by atoms with van der Waals surface area (Å²) in [6, 6.07) is 1.27. The van der Waals surface area contributed by atoms with Crippen molar-refractivity contribution in [2.24, 2.45) is 0 Å². The van der Waals surface area contributed by atoms with Gasteiger partial charge in [-0.25, -0.2) is 4.57 Å². The van der Waals surface area contributed by atoms with Crippen molar-refractivity contribution in [1.29, 1.82) is 0 Å². The molecule has 0 fully saturated rings. The highest BCUT2D eigenvalue weighted by molar-refractivity contribution is 7.71. The molecule has 1 N–H and O–H groups in total. The first-order valence-corrected chi connectivity index (χ1v) is 3.91. The molecule has 0 spiro atoms. The summed E-state index contributed by atoms with van der Waals surface area (Å²) in [6.45, 7) is 1.68. The molecule has 0 saturated heterocycles. The third kappa shape index (κ3) is 1.50. The van der Waals surface area contributed by atoms with E-state index in [2.05, 4.69) is 4.98 Å². The van der Waals surface area contributed by atoms with Crippen LogP contribution in [0.2, 0.25) is 0 Å². The van der Waals surface area contributed by atoms with Gasteiger partial charge in [0.05, 0.1) is 0 Å². The minimum atomic E-state index is -0.384. The molecule has 4 nitrogen and oxygen atoms in total. The Bertz CT molecular complexity index is 376. The molecule has 0 aliphatic rings. The molecule has 1 aromatic heterocycles. The lowest BCUT2D eigenvalue weighted by atomic mass is 10.4. The number of rotatable bonds is 1. The Balaban J connectivity index is 3.42. The van der Waals surface area contributed by atoms with Crippen LogP contribution in [0.5, 0.6) is 0 Å². The highest BCUT2D eigenvalue weighted by Gasteiger charge is 2.04. The van der Waals surface area contributed by atoms with Crippen molar-refractivity contribution in [1.82, 2.24) is 9.55 Å². The van der Waals surface area contributed by atoms with E-state index in [1.54, 1.807) is 6.92 Å². The Kier molecular flexibility index (Phi) is 2.54. The molecule has 5 heteroatoms. The lowest BCUT2D eigenvalue weighted by Gasteiger charge is -1.99. The average molecular weight is 184 g/mol. The summed E-state index contributed by atoms with van der Waals surface area (Å²) in [7, 11) is 0. The molecule has 1 heterocycles. The SMILES string of the molecule is CCC(=O)n1c(=O)cc[nH]c1=S. The van der Waals surface area contributed by atoms with E-state index in [-0.39, 0.29) is 22.7 Å². The third-order valence-electron chi connectivity index (χ3n) is 1.41. The van der Waals surface area contributed by atoms with E-state index in [4.69, 9.17) is 12.2 Å². The molecule has 1 rings (SSSR count). The monoisotopic (exact) mass is 184 g/mol. The van der Waals surface area contributed by atoms with Gasteiger partial charge in [0.2, 0.25) is 5.91 Å². The zero-order valence-corrected chi connectivity index (χ0v) is 7.35. The molecule has 0 saturated carbocycles. The smallest absolute Gasteiger partial charge is 0.261 e. The van der Waals surface area contributed by atoms with Gasteiger partial charge in [-0.3, -0.25) is 9.59 Å². The predicted molar refractivity (Wildman–Crippen MR) is 46.8 cm³/mol. The maximum atomic E-state index is 11.1. The fraction of sp³-hybridized carbons (Fsp3) is 0.286. The Labute approximate surface area is 73.9 Å². The largest absolute Gasteiger partial charge is 0.338 e. The van der Waals surface area contributed by atoms with E-state index in [0.29, 0.717) is 0 Å². The molecule has 0 bridgehead atoms. The first kappa shape index (κ1) is 8.86. The van der Waals surface area contributed by atoms with Crippen LogP contribution in [-0.2, 0) is 0 Å². The standard InChI is InChI=1S/C7H8N2O2S/c1-2-5(10)9-6(11)3-4-8-7(9)12/h3-4H,2H2,1H3,(H,8,12). The normalized spacial score (nSPS) is 9.75. The highest BCUT2D eigenvalue weighted by Crippen LogP contribution is 1.87. The Morgan fingerprint density at radius 1 is 1.75 bits per heavy atom. The number of carbonyl (C=O) groups is 1. The van der Waals surface area contributed by atoms with Crippen LogP contribution < -0.4 is 5.56 Å². The number of H-pyrrole nitrogens is 1. The Morgan fingerprint density at radius 3 is 2.92 bits per heavy atom. The second-order valence-corrected chi connectivity index (χ2v) is 2.59. The zero-order chi connectivity index (χ0) is 9.14. The lowest BCUT2D eigenvalue weighted by Crippen LogP contribution is -2.26. The molecule has 0 aliphatic carbocycles. The van der Waals surface area contributed by atoms with Crippen molar-refractivity contribution in [3.8, 4) is 0 Å². The Hall–Kier alpha value is -1.23. The summed E-state index contributed by atoms with van der Waals surface area (Å²) in [6.07, 6.45) is 1.69. The highest BCUT2D eigenvalue weighted by atomic mass is 32.1. The number of hydrogen-bond donors (Lipinski definition) is 1. The summed E-state index contributed by atoms with van der Waals surface area (Å²) in [5.74, 6) is -0.290. The van der Waals surface area contributed by atoms with Crippen LogP contribution in [-0.4, -0.2) is 15.5 Å². The van der Waals surface area contributed by atoms with Gasteiger partial charge in [0.25, 0.3) is 5.56 Å². The predicted octanol–water partition coefficient (Wildman–Crippen LogP) is 0.956. The summed E-state index contributed by atoms with van der Waals surface area (Å²) >= 11 is 4.77. The van der Waals surface area contributed by atoms with Crippen molar-refractivity contribution >= 4 is 18.1 Å². The number of nitrogens with zero attached hydrogens (tertiary/aromatic N) is 1. The fourth-order valence-electron chi connectivity index (χ4n) is 0.818. The zero-order valence-electron chi connectivity index (χ0n) is 6.53. The van der Waals surface area contributed by atoms with E-state index in [1.165, 1.54) is 12.3 Å². The van der Waals surface area contributed by atoms with Crippen LogP contribution >= 0.6 is 12.2 Å². The first-order chi connectivity index (χ1) is 5.66. The van der Waals surface area contributed by atoms with Gasteiger partial charge in [0.15, 0.2) is 4.77 Å². The van der Waals surface area contributed by atoms with Crippen LogP contribution in [0, 0.1) is 4.77 Å². The maximum absolute atomic E-state index is 11.1. The number of aromatic amines is 1. The second-order valence-electron chi connectivity index (χ2n) is 2.20. The fourth-order valence-corrected chi connectivity index (χ4v) is 1.08. The molecule has 0 unspecified atom stereocenters. The number of nitrogens with one attached hydrogen (secondary N) is 1. The molecule has 0 aliphatic heterocycles. The topological polar surface area (TPSA) is 54.9 Å². The van der Waals surface area contributed by atoms with E-state index < -0.39 is 0 Å². The quantitative estimate of drug-likeness (QED) is 0.661. The van der Waals surface area contributed by atoms with Crippen LogP contribution in [0.3, 0.4) is 0 Å². The third-order valence-corrected chi connectivity index (χ3v) is 1.71. The van der Waals surface area contributed by atoms with Gasteiger partial charge in [-0.2, -0.15) is 0 Å². The molecule has 1 aromatic rings. The lowest BCUT2D eigenvalue weighted by molar-refractivity contribution is 0.0901. The van der Waals surface area contributed by atoms with Crippen LogP contribution in [0.4, 0.5) is 0 Å². The second kappa shape index (κ2) is 3.44. The van der Waals surface area contributed by atoms with Crippen LogP contribution in [0.15, 0.2) is 17.1 Å². The number of hydrogen-bond acceptors (Lipinski definition) is 3. The van der Waals surface area contributed by atoms with Crippen molar-refractivity contribution in [3.63, 3.8) is 0 Å². The summed E-state index contributed by atoms with van der Waals surface area (Å²) in [4.78, 5) is 24.8. The molecule has 64 valence electrons. The number of aromatic nitrogens is 2. The molecular formula is C7H8N2O2S. The van der Waals surface area contributed by atoms with Gasteiger partial charge in [-0.05, 0) is 12.2 Å².